The van der Waals surface area contributed by atoms with E-state index in [1.807, 2.05) is 54.6 Å². The van der Waals surface area contributed by atoms with Gasteiger partial charge in [0.2, 0.25) is 5.91 Å². The molecule has 2 heterocycles. The van der Waals surface area contributed by atoms with Crippen LogP contribution in [0.3, 0.4) is 0 Å². The Morgan fingerprint density at radius 2 is 1.71 bits per heavy atom. The van der Waals surface area contributed by atoms with Gasteiger partial charge in [-0.15, -0.1) is 5.10 Å². The molecule has 8 heteroatoms. The zero-order chi connectivity index (χ0) is 19.3. The molecule has 0 unspecified atom stereocenters. The lowest BCUT2D eigenvalue weighted by Crippen LogP contribution is -2.48. The number of benzene rings is 2. The number of nitrogens with zero attached hydrogens (tertiary/aromatic N) is 4. The SMILES string of the molecule is O=C(Cn1nnc2ccccc21)NC1CCN(C(=O)Nc2ccccc2)CC1. The Bertz CT molecular complexity index is 963. The van der Waals surface area contributed by atoms with Crippen LogP contribution in [-0.2, 0) is 11.3 Å². The van der Waals surface area contributed by atoms with E-state index in [1.165, 1.54) is 0 Å². The van der Waals surface area contributed by atoms with Gasteiger partial charge in [-0.3, -0.25) is 4.79 Å². The van der Waals surface area contributed by atoms with Gasteiger partial charge in [-0.2, -0.15) is 0 Å². The molecule has 4 rings (SSSR count). The monoisotopic (exact) mass is 378 g/mol. The number of para-hydroxylation sites is 2. The summed E-state index contributed by atoms with van der Waals surface area (Å²) in [5, 5.41) is 14.1. The molecule has 2 aromatic carbocycles. The Morgan fingerprint density at radius 3 is 2.50 bits per heavy atom. The summed E-state index contributed by atoms with van der Waals surface area (Å²) in [5.74, 6) is -0.0946. The lowest BCUT2D eigenvalue weighted by molar-refractivity contribution is -0.122. The predicted octanol–water partition coefficient (Wildman–Crippen LogP) is 2.24. The molecule has 0 saturated carbocycles. The van der Waals surface area contributed by atoms with E-state index >= 15 is 0 Å². The number of hydrogen-bond donors (Lipinski definition) is 2. The molecule has 2 N–H and O–H groups in total. The molecule has 1 aliphatic rings. The fourth-order valence-electron chi connectivity index (χ4n) is 3.39. The maximum absolute atomic E-state index is 12.4. The van der Waals surface area contributed by atoms with Gasteiger partial charge < -0.3 is 15.5 Å². The molecular weight excluding hydrogens is 356 g/mol. The number of urea groups is 1. The average molecular weight is 378 g/mol. The maximum Gasteiger partial charge on any atom is 0.321 e. The number of fused-ring (bicyclic) bond motifs is 1. The van der Waals surface area contributed by atoms with Crippen LogP contribution < -0.4 is 10.6 Å². The number of carbonyl (C=O) groups excluding carboxylic acids is 2. The van der Waals surface area contributed by atoms with Gasteiger partial charge >= 0.3 is 6.03 Å². The van der Waals surface area contributed by atoms with Crippen LogP contribution in [0, 0.1) is 0 Å². The highest BCUT2D eigenvalue weighted by atomic mass is 16.2. The number of anilines is 1. The summed E-state index contributed by atoms with van der Waals surface area (Å²) in [5.41, 5.74) is 2.39. The van der Waals surface area contributed by atoms with E-state index in [1.54, 1.807) is 9.58 Å². The number of likely N-dealkylation sites (tertiary alicyclic amines) is 1. The summed E-state index contributed by atoms with van der Waals surface area (Å²) in [7, 11) is 0. The lowest BCUT2D eigenvalue weighted by Gasteiger charge is -2.32. The maximum atomic E-state index is 12.4. The van der Waals surface area contributed by atoms with Crippen LogP contribution in [-0.4, -0.2) is 51.0 Å². The van der Waals surface area contributed by atoms with E-state index in [-0.39, 0.29) is 24.5 Å². The zero-order valence-corrected chi connectivity index (χ0v) is 15.4. The number of piperidine rings is 1. The minimum absolute atomic E-state index is 0.0584. The van der Waals surface area contributed by atoms with E-state index in [0.29, 0.717) is 13.1 Å². The molecule has 0 radical (unpaired) electrons. The van der Waals surface area contributed by atoms with Crippen LogP contribution in [0.1, 0.15) is 12.8 Å². The lowest BCUT2D eigenvalue weighted by atomic mass is 10.1. The molecule has 3 aromatic rings. The summed E-state index contributed by atoms with van der Waals surface area (Å²) in [6, 6.07) is 16.9. The highest BCUT2D eigenvalue weighted by Crippen LogP contribution is 2.14. The second-order valence-corrected chi connectivity index (χ2v) is 6.86. The summed E-state index contributed by atoms with van der Waals surface area (Å²) in [4.78, 5) is 26.5. The second-order valence-electron chi connectivity index (χ2n) is 6.86. The zero-order valence-electron chi connectivity index (χ0n) is 15.4. The van der Waals surface area contributed by atoms with E-state index in [0.717, 1.165) is 29.6 Å². The van der Waals surface area contributed by atoms with Crippen LogP contribution in [0.25, 0.3) is 11.0 Å². The highest BCUT2D eigenvalue weighted by Gasteiger charge is 2.24. The van der Waals surface area contributed by atoms with Crippen molar-refractivity contribution in [2.75, 3.05) is 18.4 Å². The van der Waals surface area contributed by atoms with Crippen LogP contribution in [0.2, 0.25) is 0 Å². The fraction of sp³-hybridized carbons (Fsp3) is 0.300. The Balaban J connectivity index is 1.26. The van der Waals surface area contributed by atoms with Crippen molar-refractivity contribution in [2.24, 2.45) is 0 Å². The van der Waals surface area contributed by atoms with Crippen molar-refractivity contribution < 1.29 is 9.59 Å². The van der Waals surface area contributed by atoms with Crippen LogP contribution in [0.15, 0.2) is 54.6 Å². The molecule has 0 aliphatic carbocycles. The third-order valence-electron chi connectivity index (χ3n) is 4.89. The van der Waals surface area contributed by atoms with Gasteiger partial charge in [-0.25, -0.2) is 9.48 Å². The molecule has 144 valence electrons. The number of hydrogen-bond acceptors (Lipinski definition) is 4. The van der Waals surface area contributed by atoms with Crippen molar-refractivity contribution in [2.45, 2.75) is 25.4 Å². The molecular formula is C20H22N6O2. The first kappa shape index (κ1) is 18.0. The van der Waals surface area contributed by atoms with Crippen molar-refractivity contribution in [3.8, 4) is 0 Å². The molecule has 1 aliphatic heterocycles. The third-order valence-corrected chi connectivity index (χ3v) is 4.89. The van der Waals surface area contributed by atoms with Gasteiger partial charge in [0.15, 0.2) is 0 Å². The molecule has 8 nitrogen and oxygen atoms in total. The van der Waals surface area contributed by atoms with Gasteiger partial charge in [0.05, 0.1) is 5.52 Å². The normalized spacial score (nSPS) is 14.8. The Hall–Kier alpha value is -3.42. The first-order valence-electron chi connectivity index (χ1n) is 9.37. The van der Waals surface area contributed by atoms with Crippen molar-refractivity contribution in [3.63, 3.8) is 0 Å². The Labute approximate surface area is 162 Å². The quantitative estimate of drug-likeness (QED) is 0.728. The van der Waals surface area contributed by atoms with Crippen molar-refractivity contribution >= 4 is 28.7 Å². The summed E-state index contributed by atoms with van der Waals surface area (Å²) in [6.45, 7) is 1.35. The molecule has 1 aromatic heterocycles. The van der Waals surface area contributed by atoms with Crippen LogP contribution in [0.5, 0.6) is 0 Å². The predicted molar refractivity (Wildman–Crippen MR) is 106 cm³/mol. The molecule has 0 spiro atoms. The number of nitrogens with one attached hydrogen (secondary N) is 2. The van der Waals surface area contributed by atoms with Gasteiger partial charge in [-0.05, 0) is 37.1 Å². The number of rotatable bonds is 4. The largest absolute Gasteiger partial charge is 0.352 e. The minimum Gasteiger partial charge on any atom is -0.352 e. The topological polar surface area (TPSA) is 92.2 Å². The van der Waals surface area contributed by atoms with Gasteiger partial charge in [0, 0.05) is 24.8 Å². The molecule has 0 atom stereocenters. The van der Waals surface area contributed by atoms with Gasteiger partial charge in [-0.1, -0.05) is 35.5 Å². The third kappa shape index (κ3) is 4.11. The van der Waals surface area contributed by atoms with Crippen molar-refractivity contribution in [1.29, 1.82) is 0 Å². The average Bonchev–Trinajstić information content (AvgIpc) is 3.12. The van der Waals surface area contributed by atoms with E-state index < -0.39 is 0 Å². The molecule has 28 heavy (non-hydrogen) atoms. The van der Waals surface area contributed by atoms with Crippen molar-refractivity contribution in [1.82, 2.24) is 25.2 Å². The number of carbonyl (C=O) groups is 2. The molecule has 3 amide bonds. The standard InChI is InChI=1S/C20H22N6O2/c27-19(14-26-18-9-5-4-8-17(18)23-24-26)21-16-10-12-25(13-11-16)20(28)22-15-6-2-1-3-7-15/h1-9,16H,10-14H2,(H,21,27)(H,22,28). The Morgan fingerprint density at radius 1 is 1.00 bits per heavy atom. The van der Waals surface area contributed by atoms with Gasteiger partial charge in [0.25, 0.3) is 0 Å². The van der Waals surface area contributed by atoms with Gasteiger partial charge in [0.1, 0.15) is 12.1 Å². The van der Waals surface area contributed by atoms with E-state index in [9.17, 15) is 9.59 Å². The minimum atomic E-state index is -0.106. The fourth-order valence-corrected chi connectivity index (χ4v) is 3.39. The number of amides is 3. The van der Waals surface area contributed by atoms with Crippen LogP contribution in [0.4, 0.5) is 10.5 Å². The first-order chi connectivity index (χ1) is 13.7. The summed E-state index contributed by atoms with van der Waals surface area (Å²) < 4.78 is 1.60. The molecule has 1 saturated heterocycles. The molecule has 0 bridgehead atoms. The summed E-state index contributed by atoms with van der Waals surface area (Å²) in [6.07, 6.45) is 1.46. The summed E-state index contributed by atoms with van der Waals surface area (Å²) >= 11 is 0. The Kier molecular flexibility index (Phi) is 5.18. The van der Waals surface area contributed by atoms with E-state index in [4.69, 9.17) is 0 Å². The van der Waals surface area contributed by atoms with Crippen LogP contribution >= 0.6 is 0 Å². The first-order valence-corrected chi connectivity index (χ1v) is 9.37. The van der Waals surface area contributed by atoms with E-state index in [2.05, 4.69) is 20.9 Å². The smallest absolute Gasteiger partial charge is 0.321 e. The molecule has 1 fully saturated rings. The van der Waals surface area contributed by atoms with Crippen molar-refractivity contribution in [3.05, 3.63) is 54.6 Å². The highest BCUT2D eigenvalue weighted by molar-refractivity contribution is 5.89. The second kappa shape index (κ2) is 8.08. The number of aromatic nitrogens is 3.